The average Bonchev–Trinajstić information content (AvgIpc) is 3.68. The van der Waals surface area contributed by atoms with Crippen LogP contribution < -0.4 is 4.74 Å². The molecule has 15 nitrogen and oxygen atoms in total. The molecule has 62 heavy (non-hydrogen) atoms. The fourth-order valence-electron chi connectivity index (χ4n) is 6.53. The molecule has 0 saturated carbocycles. The minimum atomic E-state index is -1.71. The smallest absolute Gasteiger partial charge is 0.417 e. The standard InChI is InChI=1S/C47H62O15/c1-8-9-10-11-13-34-24-35-15-16-36(27-39(35)25-34)37-17-18-40(38(26-37)14-12-19-56-41(48)32(2)3)59-28-47(29-60-42(49)33(4)5,30-61-45(52)43(50)57-22-20-54-6)31-62-46(53)44(51)58-23-21-55-7/h15-18,26-27,34H,2,4,8-14,19-25,28-31H2,1,3,5-7H3. The molecule has 3 rings (SSSR count). The molecule has 0 fully saturated rings. The first-order chi connectivity index (χ1) is 29.7. The number of unbranched alkanes of at least 4 members (excludes halogenated alkanes) is 3. The van der Waals surface area contributed by atoms with Gasteiger partial charge in [0.1, 0.15) is 50.8 Å². The van der Waals surface area contributed by atoms with E-state index in [4.69, 9.17) is 42.6 Å². The minimum absolute atomic E-state index is 0.0215. The van der Waals surface area contributed by atoms with Gasteiger partial charge in [-0.1, -0.05) is 70.0 Å². The maximum absolute atomic E-state index is 12.8. The Morgan fingerprint density at radius 3 is 1.68 bits per heavy atom. The number of esters is 6. The monoisotopic (exact) mass is 866 g/mol. The Bertz CT molecular complexity index is 1830. The molecule has 0 aliphatic heterocycles. The van der Waals surface area contributed by atoms with Gasteiger partial charge in [-0.05, 0) is 91.8 Å². The molecule has 0 saturated heterocycles. The van der Waals surface area contributed by atoms with E-state index in [0.29, 0.717) is 30.1 Å². The van der Waals surface area contributed by atoms with Gasteiger partial charge in [-0.25, -0.2) is 28.8 Å². The van der Waals surface area contributed by atoms with E-state index >= 15 is 0 Å². The summed E-state index contributed by atoms with van der Waals surface area (Å²) in [5, 5.41) is 0. The fourth-order valence-corrected chi connectivity index (χ4v) is 6.53. The maximum atomic E-state index is 12.8. The first-order valence-corrected chi connectivity index (χ1v) is 20.9. The van der Waals surface area contributed by atoms with E-state index in [0.717, 1.165) is 24.0 Å². The van der Waals surface area contributed by atoms with E-state index in [9.17, 15) is 28.8 Å². The van der Waals surface area contributed by atoms with Crippen LogP contribution in [0.2, 0.25) is 0 Å². The second-order valence-corrected chi connectivity index (χ2v) is 15.5. The SMILES string of the molecule is C=C(C)C(=O)OCCCc1cc(-c2ccc3c(c2)CC(CCCCCC)C3)ccc1OCC(COC(=O)C(=C)C)(COC(=O)C(=O)OCCOC)COC(=O)C(=O)OCCOC. The maximum Gasteiger partial charge on any atom is 0.417 e. The number of fused-ring (bicyclic) bond motifs is 1. The van der Waals surface area contributed by atoms with Crippen LogP contribution in [0.15, 0.2) is 60.7 Å². The Hall–Kier alpha value is -5.54. The summed E-state index contributed by atoms with van der Waals surface area (Å²) < 4.78 is 47.4. The van der Waals surface area contributed by atoms with Crippen LogP contribution in [0.25, 0.3) is 11.1 Å². The van der Waals surface area contributed by atoms with Crippen molar-refractivity contribution in [2.24, 2.45) is 11.3 Å². The third-order valence-corrected chi connectivity index (χ3v) is 10.0. The van der Waals surface area contributed by atoms with Gasteiger partial charge in [0.25, 0.3) is 0 Å². The third kappa shape index (κ3) is 17.1. The molecule has 2 aromatic rings. The van der Waals surface area contributed by atoms with Crippen LogP contribution in [0.3, 0.4) is 0 Å². The molecule has 0 amide bonds. The van der Waals surface area contributed by atoms with Crippen LogP contribution in [0.4, 0.5) is 0 Å². The molecule has 1 aliphatic rings. The Kier molecular flexibility index (Phi) is 21.9. The first-order valence-electron chi connectivity index (χ1n) is 20.9. The summed E-state index contributed by atoms with van der Waals surface area (Å²) in [6.45, 7) is 9.67. The quantitative estimate of drug-likeness (QED) is 0.0333. The number of carbonyl (C=O) groups is 6. The van der Waals surface area contributed by atoms with Crippen molar-refractivity contribution in [3.05, 3.63) is 77.4 Å². The van der Waals surface area contributed by atoms with Crippen molar-refractivity contribution in [3.8, 4) is 16.9 Å². The highest BCUT2D eigenvalue weighted by Gasteiger charge is 2.39. The number of benzene rings is 2. The zero-order valence-corrected chi connectivity index (χ0v) is 36.8. The van der Waals surface area contributed by atoms with Crippen LogP contribution in [-0.4, -0.2) is 109 Å². The number of rotatable bonds is 27. The lowest BCUT2D eigenvalue weighted by molar-refractivity contribution is -0.179. The average molecular weight is 867 g/mol. The van der Waals surface area contributed by atoms with Crippen molar-refractivity contribution < 1.29 is 71.4 Å². The van der Waals surface area contributed by atoms with Crippen LogP contribution in [0.5, 0.6) is 5.75 Å². The summed E-state index contributed by atoms with van der Waals surface area (Å²) in [4.78, 5) is 75.2. The number of aryl methyl sites for hydroxylation is 1. The molecule has 1 unspecified atom stereocenters. The van der Waals surface area contributed by atoms with Crippen molar-refractivity contribution in [1.29, 1.82) is 0 Å². The third-order valence-electron chi connectivity index (χ3n) is 10.0. The topological polar surface area (TPSA) is 185 Å². The summed E-state index contributed by atoms with van der Waals surface area (Å²) in [5.41, 5.74) is 3.95. The van der Waals surface area contributed by atoms with E-state index in [1.807, 2.05) is 12.1 Å². The van der Waals surface area contributed by atoms with E-state index in [2.05, 4.69) is 38.3 Å². The molecule has 1 aliphatic carbocycles. The lowest BCUT2D eigenvalue weighted by atomic mass is 9.91. The minimum Gasteiger partial charge on any atom is -0.492 e. The number of ether oxygens (including phenoxy) is 9. The number of methoxy groups -OCH3 is 2. The Morgan fingerprint density at radius 1 is 0.581 bits per heavy atom. The largest absolute Gasteiger partial charge is 0.492 e. The molecule has 0 spiro atoms. The predicted molar refractivity (Wildman–Crippen MR) is 227 cm³/mol. The lowest BCUT2D eigenvalue weighted by Gasteiger charge is -2.32. The highest BCUT2D eigenvalue weighted by molar-refractivity contribution is 6.30. The Morgan fingerprint density at radius 2 is 1.10 bits per heavy atom. The van der Waals surface area contributed by atoms with E-state index < -0.39 is 67.7 Å². The van der Waals surface area contributed by atoms with Crippen LogP contribution in [0.1, 0.15) is 76.0 Å². The second-order valence-electron chi connectivity index (χ2n) is 15.5. The zero-order valence-electron chi connectivity index (χ0n) is 36.8. The van der Waals surface area contributed by atoms with Gasteiger partial charge in [0.05, 0.1) is 19.8 Å². The Balaban J connectivity index is 1.97. The van der Waals surface area contributed by atoms with Crippen LogP contribution in [-0.2, 0) is 85.9 Å². The van der Waals surface area contributed by atoms with Crippen molar-refractivity contribution in [2.75, 3.05) is 73.7 Å². The molecule has 0 N–H and O–H groups in total. The van der Waals surface area contributed by atoms with Gasteiger partial charge < -0.3 is 42.6 Å². The van der Waals surface area contributed by atoms with Crippen molar-refractivity contribution >= 4 is 35.8 Å². The lowest BCUT2D eigenvalue weighted by Crippen LogP contribution is -2.45. The van der Waals surface area contributed by atoms with E-state index in [-0.39, 0.29) is 44.2 Å². The number of hydrogen-bond donors (Lipinski definition) is 0. The summed E-state index contributed by atoms with van der Waals surface area (Å²) in [6.07, 6.45) is 9.05. The normalized spacial score (nSPS) is 13.0. The van der Waals surface area contributed by atoms with E-state index in [1.54, 1.807) is 13.0 Å². The molecular weight excluding hydrogens is 805 g/mol. The molecular formula is C47H62O15. The summed E-state index contributed by atoms with van der Waals surface area (Å²) in [6, 6.07) is 12.2. The van der Waals surface area contributed by atoms with E-state index in [1.165, 1.54) is 64.4 Å². The molecule has 0 bridgehead atoms. The molecule has 340 valence electrons. The van der Waals surface area contributed by atoms with Crippen LogP contribution >= 0.6 is 0 Å². The molecule has 1 atom stereocenters. The van der Waals surface area contributed by atoms with Gasteiger partial charge in [-0.15, -0.1) is 0 Å². The van der Waals surface area contributed by atoms with Crippen molar-refractivity contribution in [2.45, 2.75) is 78.6 Å². The predicted octanol–water partition coefficient (Wildman–Crippen LogP) is 6.04. The van der Waals surface area contributed by atoms with Crippen LogP contribution in [0, 0.1) is 11.3 Å². The Labute approximate surface area is 364 Å². The van der Waals surface area contributed by atoms with Crippen molar-refractivity contribution in [3.63, 3.8) is 0 Å². The highest BCUT2D eigenvalue weighted by Crippen LogP contribution is 2.35. The zero-order chi connectivity index (χ0) is 45.5. The molecule has 15 heteroatoms. The number of carbonyl (C=O) groups excluding carboxylic acids is 6. The highest BCUT2D eigenvalue weighted by atomic mass is 16.6. The van der Waals surface area contributed by atoms with Gasteiger partial charge in [-0.2, -0.15) is 0 Å². The van der Waals surface area contributed by atoms with Gasteiger partial charge in [0.15, 0.2) is 0 Å². The van der Waals surface area contributed by atoms with Gasteiger partial charge >= 0.3 is 35.8 Å². The van der Waals surface area contributed by atoms with Gasteiger partial charge in [0.2, 0.25) is 0 Å². The molecule has 0 heterocycles. The van der Waals surface area contributed by atoms with Gasteiger partial charge in [-0.3, -0.25) is 0 Å². The van der Waals surface area contributed by atoms with Gasteiger partial charge in [0, 0.05) is 25.4 Å². The summed E-state index contributed by atoms with van der Waals surface area (Å²) >= 11 is 0. The molecule has 2 aromatic carbocycles. The summed E-state index contributed by atoms with van der Waals surface area (Å²) in [5.74, 6) is -5.79. The molecule has 0 radical (unpaired) electrons. The number of hydrogen-bond acceptors (Lipinski definition) is 15. The van der Waals surface area contributed by atoms with Crippen molar-refractivity contribution in [1.82, 2.24) is 0 Å². The second kappa shape index (κ2) is 26.7. The molecule has 0 aromatic heterocycles. The fraction of sp³-hybridized carbons (Fsp3) is 0.532. The first kappa shape index (κ1) is 50.8. The summed E-state index contributed by atoms with van der Waals surface area (Å²) in [7, 11) is 2.77.